The maximum Gasteiger partial charge on any atom is 0.339 e. The van der Waals surface area contributed by atoms with E-state index in [4.69, 9.17) is 14.6 Å². The van der Waals surface area contributed by atoms with Gasteiger partial charge in [-0.1, -0.05) is 6.07 Å². The van der Waals surface area contributed by atoms with Gasteiger partial charge in [-0.25, -0.2) is 9.78 Å². The van der Waals surface area contributed by atoms with E-state index in [1.807, 2.05) is 0 Å². The van der Waals surface area contributed by atoms with Gasteiger partial charge in [0.1, 0.15) is 17.7 Å². The number of hydrogen-bond donors (Lipinski definition) is 2. The number of aromatic carboxylic acids is 1. The second-order valence-corrected chi connectivity index (χ2v) is 2.72. The zero-order valence-corrected chi connectivity index (χ0v) is 7.10. The quantitative estimate of drug-likeness (QED) is 0.743. The fraction of sp³-hybridized carbons (Fsp3) is 0.111. The van der Waals surface area contributed by atoms with Gasteiger partial charge in [0.05, 0.1) is 0 Å². The number of carbonyl (C=O) groups is 1. The summed E-state index contributed by atoms with van der Waals surface area (Å²) in [6.07, 6.45) is 0. The zero-order chi connectivity index (χ0) is 10.1. The van der Waals surface area contributed by atoms with Crippen molar-refractivity contribution < 1.29 is 19.4 Å². The number of aromatic nitrogens is 1. The normalized spacial score (nSPS) is 10.6. The summed E-state index contributed by atoms with van der Waals surface area (Å²) in [6, 6.07) is 4.64. The van der Waals surface area contributed by atoms with Crippen LogP contribution in [0, 0.1) is 0 Å². The van der Waals surface area contributed by atoms with E-state index in [1.165, 1.54) is 6.07 Å². The number of hydrogen-bond acceptors (Lipinski definition) is 4. The van der Waals surface area contributed by atoms with Crippen LogP contribution >= 0.6 is 0 Å². The number of carboxylic acid groups (broad SMARTS) is 1. The van der Waals surface area contributed by atoms with Gasteiger partial charge in [0.15, 0.2) is 5.58 Å². The van der Waals surface area contributed by atoms with Crippen molar-refractivity contribution in [3.8, 4) is 0 Å². The van der Waals surface area contributed by atoms with Crippen molar-refractivity contribution in [2.24, 2.45) is 0 Å². The van der Waals surface area contributed by atoms with Crippen LogP contribution < -0.4 is 0 Å². The van der Waals surface area contributed by atoms with Gasteiger partial charge < -0.3 is 14.6 Å². The smallest absolute Gasteiger partial charge is 0.339 e. The van der Waals surface area contributed by atoms with E-state index in [1.54, 1.807) is 12.1 Å². The van der Waals surface area contributed by atoms with Crippen LogP contribution in [0.5, 0.6) is 0 Å². The Hall–Kier alpha value is -1.88. The molecule has 1 heterocycles. The highest BCUT2D eigenvalue weighted by Crippen LogP contribution is 2.19. The minimum atomic E-state index is -1.07. The second kappa shape index (κ2) is 3.12. The molecule has 1 aromatic carbocycles. The predicted octanol–water partition coefficient (Wildman–Crippen LogP) is 1.02. The minimum Gasteiger partial charge on any atom is -0.478 e. The van der Waals surface area contributed by atoms with Crippen molar-refractivity contribution in [2.45, 2.75) is 6.61 Å². The molecule has 0 amide bonds. The van der Waals surface area contributed by atoms with Crippen LogP contribution in [-0.2, 0) is 6.61 Å². The first kappa shape index (κ1) is 8.71. The number of nitrogens with zero attached hydrogens (tertiary/aromatic N) is 1. The number of carboxylic acids is 1. The van der Waals surface area contributed by atoms with Crippen LogP contribution in [0.3, 0.4) is 0 Å². The van der Waals surface area contributed by atoms with Gasteiger partial charge in [0.25, 0.3) is 0 Å². The maximum atomic E-state index is 10.8. The zero-order valence-electron chi connectivity index (χ0n) is 7.10. The molecule has 14 heavy (non-hydrogen) atoms. The molecular formula is C9H7NO4. The number of aliphatic hydroxyl groups is 1. The van der Waals surface area contributed by atoms with Crippen LogP contribution in [0.4, 0.5) is 0 Å². The number of para-hydroxylation sites is 1. The van der Waals surface area contributed by atoms with Crippen molar-refractivity contribution in [3.63, 3.8) is 0 Å². The molecule has 0 atom stereocenters. The first-order valence-electron chi connectivity index (χ1n) is 3.95. The third-order valence-electron chi connectivity index (χ3n) is 1.82. The Bertz CT molecular complexity index is 489. The summed E-state index contributed by atoms with van der Waals surface area (Å²) in [5.41, 5.74) is 0.688. The Morgan fingerprint density at radius 1 is 1.50 bits per heavy atom. The van der Waals surface area contributed by atoms with E-state index in [-0.39, 0.29) is 23.6 Å². The summed E-state index contributed by atoms with van der Waals surface area (Å²) in [7, 11) is 0. The SMILES string of the molecule is O=C(O)c1cccc2nc(CO)oc12. The molecule has 5 heteroatoms. The van der Waals surface area contributed by atoms with E-state index in [0.717, 1.165) is 0 Å². The number of aliphatic hydroxyl groups excluding tert-OH is 1. The molecule has 0 unspecified atom stereocenters. The molecule has 5 nitrogen and oxygen atoms in total. The lowest BCUT2D eigenvalue weighted by Crippen LogP contribution is -1.95. The summed E-state index contributed by atoms with van der Waals surface area (Å²) >= 11 is 0. The van der Waals surface area contributed by atoms with Crippen LogP contribution in [0.15, 0.2) is 22.6 Å². The molecule has 0 radical (unpaired) electrons. The lowest BCUT2D eigenvalue weighted by molar-refractivity contribution is 0.0697. The standard InChI is InChI=1S/C9H7NO4/c11-4-7-10-6-3-1-2-5(9(12)13)8(6)14-7/h1-3,11H,4H2,(H,12,13). The average Bonchev–Trinajstić information content (AvgIpc) is 2.59. The largest absolute Gasteiger partial charge is 0.478 e. The first-order valence-corrected chi connectivity index (χ1v) is 3.95. The number of benzene rings is 1. The molecule has 0 saturated heterocycles. The molecule has 2 aromatic rings. The van der Waals surface area contributed by atoms with Crippen molar-refractivity contribution in [1.82, 2.24) is 4.98 Å². The van der Waals surface area contributed by atoms with Gasteiger partial charge >= 0.3 is 5.97 Å². The third kappa shape index (κ3) is 1.23. The summed E-state index contributed by atoms with van der Waals surface area (Å²) in [6.45, 7) is -0.340. The van der Waals surface area contributed by atoms with Crippen molar-refractivity contribution in [3.05, 3.63) is 29.7 Å². The first-order chi connectivity index (χ1) is 6.72. The second-order valence-electron chi connectivity index (χ2n) is 2.72. The summed E-state index contributed by atoms with van der Waals surface area (Å²) < 4.78 is 5.07. The van der Waals surface area contributed by atoms with Gasteiger partial charge in [0, 0.05) is 0 Å². The molecule has 0 bridgehead atoms. The molecule has 0 fully saturated rings. The molecule has 1 aromatic heterocycles. The Morgan fingerprint density at radius 3 is 2.93 bits per heavy atom. The maximum absolute atomic E-state index is 10.8. The number of rotatable bonds is 2. The fourth-order valence-electron chi connectivity index (χ4n) is 1.23. The van der Waals surface area contributed by atoms with E-state index in [9.17, 15) is 4.79 Å². The van der Waals surface area contributed by atoms with Gasteiger partial charge in [-0.15, -0.1) is 0 Å². The van der Waals surface area contributed by atoms with Crippen LogP contribution in [0.2, 0.25) is 0 Å². The van der Waals surface area contributed by atoms with Crippen molar-refractivity contribution in [1.29, 1.82) is 0 Å². The average molecular weight is 193 g/mol. The minimum absolute atomic E-state index is 0.0506. The van der Waals surface area contributed by atoms with Crippen molar-refractivity contribution in [2.75, 3.05) is 0 Å². The number of fused-ring (bicyclic) bond motifs is 1. The predicted molar refractivity (Wildman–Crippen MR) is 46.9 cm³/mol. The van der Waals surface area contributed by atoms with Gasteiger partial charge in [-0.2, -0.15) is 0 Å². The van der Waals surface area contributed by atoms with E-state index in [2.05, 4.69) is 4.98 Å². The highest BCUT2D eigenvalue weighted by atomic mass is 16.4. The van der Waals surface area contributed by atoms with Crippen LogP contribution in [-0.4, -0.2) is 21.2 Å². The Labute approximate surface area is 78.6 Å². The molecule has 0 saturated carbocycles. The van der Waals surface area contributed by atoms with Gasteiger partial charge in [-0.3, -0.25) is 0 Å². The lowest BCUT2D eigenvalue weighted by atomic mass is 10.2. The molecule has 72 valence electrons. The van der Waals surface area contributed by atoms with Gasteiger partial charge in [-0.05, 0) is 12.1 Å². The van der Waals surface area contributed by atoms with E-state index in [0.29, 0.717) is 5.52 Å². The molecule has 0 aliphatic rings. The third-order valence-corrected chi connectivity index (χ3v) is 1.82. The Morgan fingerprint density at radius 2 is 2.29 bits per heavy atom. The number of oxazole rings is 1. The topological polar surface area (TPSA) is 83.6 Å². The van der Waals surface area contributed by atoms with E-state index < -0.39 is 5.97 Å². The van der Waals surface area contributed by atoms with Crippen LogP contribution in [0.1, 0.15) is 16.2 Å². The highest BCUT2D eigenvalue weighted by Gasteiger charge is 2.13. The van der Waals surface area contributed by atoms with E-state index >= 15 is 0 Å². The molecular weight excluding hydrogens is 186 g/mol. The van der Waals surface area contributed by atoms with Crippen LogP contribution in [0.25, 0.3) is 11.1 Å². The Kier molecular flexibility index (Phi) is 1.94. The monoisotopic (exact) mass is 193 g/mol. The summed E-state index contributed by atoms with van der Waals surface area (Å²) in [4.78, 5) is 14.7. The molecule has 0 spiro atoms. The molecule has 2 rings (SSSR count). The van der Waals surface area contributed by atoms with Crippen molar-refractivity contribution >= 4 is 17.1 Å². The molecule has 0 aliphatic carbocycles. The summed E-state index contributed by atoms with van der Waals surface area (Å²) in [5.74, 6) is -0.954. The molecule has 2 N–H and O–H groups in total. The highest BCUT2D eigenvalue weighted by molar-refractivity contribution is 5.99. The summed E-state index contributed by atoms with van der Waals surface area (Å²) in [5, 5.41) is 17.6. The van der Waals surface area contributed by atoms with Gasteiger partial charge in [0.2, 0.25) is 5.89 Å². The Balaban J connectivity index is 2.73. The molecule has 0 aliphatic heterocycles. The lowest BCUT2D eigenvalue weighted by Gasteiger charge is -1.92. The fourth-order valence-corrected chi connectivity index (χ4v) is 1.23.